The Labute approximate surface area is 122 Å². The van der Waals surface area contributed by atoms with Crippen LogP contribution in [0.4, 0.5) is 10.1 Å². The summed E-state index contributed by atoms with van der Waals surface area (Å²) < 4.78 is 18.9. The molecule has 0 bridgehead atoms. The smallest absolute Gasteiger partial charge is 0.251 e. The summed E-state index contributed by atoms with van der Waals surface area (Å²) in [7, 11) is 0. The predicted molar refractivity (Wildman–Crippen MR) is 80.1 cm³/mol. The molecule has 2 rings (SSSR count). The van der Waals surface area contributed by atoms with Crippen molar-refractivity contribution in [3.05, 3.63) is 53.3 Å². The molecule has 0 fully saturated rings. The Kier molecular flexibility index (Phi) is 4.42. The van der Waals surface area contributed by atoms with E-state index in [1.54, 1.807) is 18.2 Å². The molecule has 0 heterocycles. The van der Waals surface area contributed by atoms with Crippen LogP contribution < -0.4 is 15.8 Å². The van der Waals surface area contributed by atoms with E-state index >= 15 is 0 Å². The Morgan fingerprint density at radius 1 is 1.24 bits per heavy atom. The topological polar surface area (TPSA) is 64.3 Å². The van der Waals surface area contributed by atoms with E-state index in [-0.39, 0.29) is 11.7 Å². The number of benzene rings is 2. The largest absolute Gasteiger partial charge is 0.455 e. The molecule has 0 aliphatic rings. The third-order valence-corrected chi connectivity index (χ3v) is 2.98. The average molecular weight is 288 g/mol. The minimum Gasteiger partial charge on any atom is -0.455 e. The van der Waals surface area contributed by atoms with E-state index in [0.29, 0.717) is 29.3 Å². The Morgan fingerprint density at radius 3 is 2.67 bits per heavy atom. The first-order valence-corrected chi connectivity index (χ1v) is 6.63. The number of nitrogen functional groups attached to an aromatic ring is 1. The highest BCUT2D eigenvalue weighted by molar-refractivity contribution is 5.95. The minimum absolute atomic E-state index is 0.197. The van der Waals surface area contributed by atoms with E-state index < -0.39 is 0 Å². The number of anilines is 1. The molecule has 0 atom stereocenters. The van der Waals surface area contributed by atoms with Gasteiger partial charge in [0.05, 0.1) is 5.69 Å². The van der Waals surface area contributed by atoms with Crippen LogP contribution in [0.15, 0.2) is 36.4 Å². The Morgan fingerprint density at radius 2 is 2.00 bits per heavy atom. The van der Waals surface area contributed by atoms with Crippen molar-refractivity contribution >= 4 is 11.6 Å². The van der Waals surface area contributed by atoms with Crippen molar-refractivity contribution in [2.24, 2.45) is 0 Å². The molecule has 3 N–H and O–H groups in total. The number of nitrogens with two attached hydrogens (primary N) is 1. The normalized spacial score (nSPS) is 10.2. The minimum atomic E-state index is -0.381. The number of ether oxygens (including phenoxy) is 1. The maximum absolute atomic E-state index is 13.2. The van der Waals surface area contributed by atoms with E-state index in [9.17, 15) is 9.18 Å². The van der Waals surface area contributed by atoms with Gasteiger partial charge in [-0.15, -0.1) is 0 Å². The first-order chi connectivity index (χ1) is 10.0. The molecule has 0 saturated carbocycles. The van der Waals surface area contributed by atoms with Crippen molar-refractivity contribution in [3.63, 3.8) is 0 Å². The summed E-state index contributed by atoms with van der Waals surface area (Å²) in [6, 6.07) is 9.05. The first kappa shape index (κ1) is 14.8. The second kappa shape index (κ2) is 6.26. The maximum Gasteiger partial charge on any atom is 0.251 e. The van der Waals surface area contributed by atoms with Gasteiger partial charge in [-0.25, -0.2) is 4.39 Å². The third kappa shape index (κ3) is 3.51. The van der Waals surface area contributed by atoms with Gasteiger partial charge in [-0.2, -0.15) is 0 Å². The fourth-order valence-corrected chi connectivity index (χ4v) is 1.85. The van der Waals surface area contributed by atoms with Crippen molar-refractivity contribution in [2.45, 2.75) is 13.8 Å². The van der Waals surface area contributed by atoms with Crippen LogP contribution in [0, 0.1) is 12.7 Å². The van der Waals surface area contributed by atoms with Crippen LogP contribution in [0.5, 0.6) is 11.5 Å². The second-order valence-corrected chi connectivity index (χ2v) is 4.62. The summed E-state index contributed by atoms with van der Waals surface area (Å²) in [4.78, 5) is 11.7. The molecular weight excluding hydrogens is 271 g/mol. The Balaban J connectivity index is 2.25. The number of aryl methyl sites for hydroxylation is 1. The number of nitrogens with one attached hydrogen (secondary N) is 1. The number of rotatable bonds is 4. The van der Waals surface area contributed by atoms with Crippen LogP contribution >= 0.6 is 0 Å². The molecule has 0 aliphatic heterocycles. The van der Waals surface area contributed by atoms with Crippen LogP contribution in [-0.2, 0) is 0 Å². The van der Waals surface area contributed by atoms with Crippen LogP contribution in [0.2, 0.25) is 0 Å². The van der Waals surface area contributed by atoms with Crippen molar-refractivity contribution in [1.82, 2.24) is 5.32 Å². The van der Waals surface area contributed by atoms with Crippen LogP contribution in [0.3, 0.4) is 0 Å². The lowest BCUT2D eigenvalue weighted by Gasteiger charge is -2.12. The third-order valence-electron chi connectivity index (χ3n) is 2.98. The van der Waals surface area contributed by atoms with Gasteiger partial charge in [0.25, 0.3) is 5.91 Å². The van der Waals surface area contributed by atoms with Crippen molar-refractivity contribution in [3.8, 4) is 11.5 Å². The summed E-state index contributed by atoms with van der Waals surface area (Å²) in [5.74, 6) is 0.204. The number of carbonyl (C=O) groups is 1. The molecule has 0 saturated heterocycles. The van der Waals surface area contributed by atoms with E-state index in [2.05, 4.69) is 5.32 Å². The van der Waals surface area contributed by atoms with Crippen LogP contribution in [0.1, 0.15) is 22.8 Å². The molecule has 0 aliphatic carbocycles. The molecule has 4 nitrogen and oxygen atoms in total. The maximum atomic E-state index is 13.2. The van der Waals surface area contributed by atoms with Crippen LogP contribution in [0.25, 0.3) is 0 Å². The van der Waals surface area contributed by atoms with Crippen LogP contribution in [-0.4, -0.2) is 12.5 Å². The zero-order chi connectivity index (χ0) is 15.4. The Hall–Kier alpha value is -2.56. The average Bonchev–Trinajstić information content (AvgIpc) is 2.45. The van der Waals surface area contributed by atoms with Crippen molar-refractivity contribution in [2.75, 3.05) is 12.3 Å². The molecule has 1 amide bonds. The van der Waals surface area contributed by atoms with Crippen molar-refractivity contribution in [1.29, 1.82) is 0 Å². The first-order valence-electron chi connectivity index (χ1n) is 6.63. The zero-order valence-corrected chi connectivity index (χ0v) is 11.9. The molecule has 0 unspecified atom stereocenters. The fourth-order valence-electron chi connectivity index (χ4n) is 1.85. The number of hydrogen-bond donors (Lipinski definition) is 2. The lowest BCUT2D eigenvalue weighted by Crippen LogP contribution is -2.22. The fraction of sp³-hybridized carbons (Fsp3) is 0.188. The van der Waals surface area contributed by atoms with Gasteiger partial charge in [0.2, 0.25) is 0 Å². The van der Waals surface area contributed by atoms with Gasteiger partial charge in [0.1, 0.15) is 17.3 Å². The summed E-state index contributed by atoms with van der Waals surface area (Å²) in [6.07, 6.45) is 0. The summed E-state index contributed by atoms with van der Waals surface area (Å²) >= 11 is 0. The number of halogens is 1. The Bertz CT molecular complexity index is 671. The molecule has 5 heteroatoms. The van der Waals surface area contributed by atoms with Gasteiger partial charge >= 0.3 is 0 Å². The molecule has 0 radical (unpaired) electrons. The highest BCUT2D eigenvalue weighted by Gasteiger charge is 2.10. The molecule has 2 aromatic carbocycles. The lowest BCUT2D eigenvalue weighted by molar-refractivity contribution is 0.0956. The van der Waals surface area contributed by atoms with E-state index in [1.807, 2.05) is 13.8 Å². The van der Waals surface area contributed by atoms with Crippen molar-refractivity contribution < 1.29 is 13.9 Å². The van der Waals surface area contributed by atoms with Gasteiger partial charge < -0.3 is 15.8 Å². The summed E-state index contributed by atoms with van der Waals surface area (Å²) in [5.41, 5.74) is 7.47. The zero-order valence-electron chi connectivity index (χ0n) is 11.9. The second-order valence-electron chi connectivity index (χ2n) is 4.62. The summed E-state index contributed by atoms with van der Waals surface area (Å²) in [5, 5.41) is 2.69. The van der Waals surface area contributed by atoms with E-state index in [4.69, 9.17) is 10.5 Å². The highest BCUT2D eigenvalue weighted by Crippen LogP contribution is 2.30. The lowest BCUT2D eigenvalue weighted by atomic mass is 10.1. The highest BCUT2D eigenvalue weighted by atomic mass is 19.1. The van der Waals surface area contributed by atoms with Gasteiger partial charge in [0, 0.05) is 18.2 Å². The molecular formula is C16H17FN2O2. The number of hydrogen-bond acceptors (Lipinski definition) is 3. The number of amides is 1. The van der Waals surface area contributed by atoms with Gasteiger partial charge in [0.15, 0.2) is 0 Å². The SMILES string of the molecule is CCNC(=O)c1ccc(Oc2cc(F)ccc2C)c(N)c1. The van der Waals surface area contributed by atoms with Gasteiger partial charge in [-0.3, -0.25) is 4.79 Å². The quantitative estimate of drug-likeness (QED) is 0.849. The summed E-state index contributed by atoms with van der Waals surface area (Å²) in [6.45, 7) is 4.19. The van der Waals surface area contributed by atoms with E-state index in [0.717, 1.165) is 5.56 Å². The number of carbonyl (C=O) groups excluding carboxylic acids is 1. The van der Waals surface area contributed by atoms with Gasteiger partial charge in [-0.05, 0) is 43.7 Å². The molecule has 0 spiro atoms. The molecule has 0 aromatic heterocycles. The molecule has 21 heavy (non-hydrogen) atoms. The standard InChI is InChI=1S/C16H17FN2O2/c1-3-19-16(20)11-5-7-14(13(18)8-11)21-15-9-12(17)6-4-10(15)2/h4-9H,3,18H2,1-2H3,(H,19,20). The monoisotopic (exact) mass is 288 g/mol. The van der Waals surface area contributed by atoms with Gasteiger partial charge in [-0.1, -0.05) is 6.07 Å². The molecule has 110 valence electrons. The van der Waals surface area contributed by atoms with E-state index in [1.165, 1.54) is 18.2 Å². The molecule has 2 aromatic rings. The predicted octanol–water partition coefficient (Wildman–Crippen LogP) is 3.26.